The average molecular weight is 433 g/mol. The second kappa shape index (κ2) is 10.8. The predicted molar refractivity (Wildman–Crippen MR) is 109 cm³/mol. The fourth-order valence-corrected chi connectivity index (χ4v) is 4.36. The molecule has 1 aromatic carbocycles. The number of nitrogens with zero attached hydrogens (tertiary/aromatic N) is 3. The van der Waals surface area contributed by atoms with Crippen molar-refractivity contribution in [2.75, 3.05) is 52.1 Å². The van der Waals surface area contributed by atoms with Crippen LogP contribution in [0.5, 0.6) is 0 Å². The highest BCUT2D eigenvalue weighted by atomic mass is 32.2. The van der Waals surface area contributed by atoms with Gasteiger partial charge in [-0.05, 0) is 31.9 Å². The molecule has 1 aliphatic rings. The van der Waals surface area contributed by atoms with Gasteiger partial charge in [-0.2, -0.15) is 4.31 Å². The number of nitrogens with one attached hydrogen (secondary N) is 1. The molecule has 0 atom stereocenters. The third-order valence-electron chi connectivity index (χ3n) is 4.64. The van der Waals surface area contributed by atoms with Crippen LogP contribution in [0.15, 0.2) is 23.2 Å². The van der Waals surface area contributed by atoms with Crippen molar-refractivity contribution in [3.63, 3.8) is 0 Å². The number of hydrogen-bond donors (Lipinski definition) is 1. The molecule has 10 heteroatoms. The zero-order valence-corrected chi connectivity index (χ0v) is 18.0. The number of hydrogen-bond acceptors (Lipinski definition) is 4. The first kappa shape index (κ1) is 23.5. The Morgan fingerprint density at radius 2 is 1.93 bits per heavy atom. The zero-order valence-electron chi connectivity index (χ0n) is 17.2. The van der Waals surface area contributed by atoms with Crippen LogP contribution in [0.4, 0.5) is 8.78 Å². The highest BCUT2D eigenvalue weighted by molar-refractivity contribution is 7.89. The van der Waals surface area contributed by atoms with Crippen LogP contribution in [-0.4, -0.2) is 81.8 Å². The first-order valence-electron chi connectivity index (χ1n) is 9.72. The average Bonchev–Trinajstić information content (AvgIpc) is 2.68. The Labute approximate surface area is 171 Å². The van der Waals surface area contributed by atoms with Gasteiger partial charge in [-0.3, -0.25) is 4.99 Å². The molecular weight excluding hydrogens is 402 g/mol. The van der Waals surface area contributed by atoms with Gasteiger partial charge in [0.05, 0.1) is 18.5 Å². The Morgan fingerprint density at radius 1 is 1.24 bits per heavy atom. The molecule has 29 heavy (non-hydrogen) atoms. The van der Waals surface area contributed by atoms with E-state index in [1.807, 2.05) is 18.7 Å². The fourth-order valence-electron chi connectivity index (χ4n) is 3.08. The van der Waals surface area contributed by atoms with Crippen LogP contribution in [0.3, 0.4) is 0 Å². The van der Waals surface area contributed by atoms with E-state index in [9.17, 15) is 17.2 Å². The molecular formula is C19H30F2N4O3S. The molecule has 0 radical (unpaired) electrons. The minimum absolute atomic E-state index is 0.00250. The lowest BCUT2D eigenvalue weighted by Crippen LogP contribution is -2.54. The van der Waals surface area contributed by atoms with Crippen LogP contribution in [0, 0.1) is 11.6 Å². The molecule has 164 valence electrons. The smallest absolute Gasteiger partial charge is 0.216 e. The second-order valence-corrected chi connectivity index (χ2v) is 9.15. The Morgan fingerprint density at radius 3 is 2.55 bits per heavy atom. The summed E-state index contributed by atoms with van der Waals surface area (Å²) in [5.41, 5.74) is 0.299. The van der Waals surface area contributed by atoms with E-state index in [4.69, 9.17) is 4.74 Å². The van der Waals surface area contributed by atoms with Gasteiger partial charge in [0.15, 0.2) is 17.6 Å². The van der Waals surface area contributed by atoms with Crippen molar-refractivity contribution in [3.8, 4) is 0 Å². The molecule has 1 aromatic rings. The van der Waals surface area contributed by atoms with E-state index in [1.165, 1.54) is 10.4 Å². The Bertz CT molecular complexity index is 795. The number of sulfonamides is 1. The largest absolute Gasteiger partial charge is 0.378 e. The monoisotopic (exact) mass is 432 g/mol. The third kappa shape index (κ3) is 6.90. The highest BCUT2D eigenvalue weighted by Crippen LogP contribution is 2.12. The molecule has 0 aromatic heterocycles. The maximum atomic E-state index is 13.7. The van der Waals surface area contributed by atoms with Gasteiger partial charge in [-0.1, -0.05) is 12.1 Å². The Kier molecular flexibility index (Phi) is 8.79. The summed E-state index contributed by atoms with van der Waals surface area (Å²) < 4.78 is 58.7. The third-order valence-corrected chi connectivity index (χ3v) is 6.48. The van der Waals surface area contributed by atoms with Crippen molar-refractivity contribution in [2.45, 2.75) is 26.4 Å². The lowest BCUT2D eigenvalue weighted by atomic mass is 10.1. The minimum atomic E-state index is -3.35. The van der Waals surface area contributed by atoms with Gasteiger partial charge in [-0.25, -0.2) is 17.2 Å². The molecule has 1 aliphatic heterocycles. The van der Waals surface area contributed by atoms with E-state index in [0.29, 0.717) is 50.7 Å². The summed E-state index contributed by atoms with van der Waals surface area (Å²) in [6.45, 7) is 6.03. The summed E-state index contributed by atoms with van der Waals surface area (Å²) in [4.78, 5) is 6.17. The van der Waals surface area contributed by atoms with Crippen molar-refractivity contribution in [3.05, 3.63) is 35.4 Å². The topological polar surface area (TPSA) is 74.2 Å². The quantitative estimate of drug-likeness (QED) is 0.497. The van der Waals surface area contributed by atoms with E-state index < -0.39 is 21.7 Å². The lowest BCUT2D eigenvalue weighted by Gasteiger charge is -2.35. The molecule has 0 spiro atoms. The molecule has 0 saturated carbocycles. The number of guanidine groups is 1. The fraction of sp³-hybridized carbons (Fsp3) is 0.632. The summed E-state index contributed by atoms with van der Waals surface area (Å²) in [5, 5.41) is 3.13. The molecule has 1 heterocycles. The van der Waals surface area contributed by atoms with E-state index >= 15 is 0 Å². The normalized spacial score (nSPS) is 16.5. The second-order valence-electron chi connectivity index (χ2n) is 7.06. The standard InChI is InChI=1S/C19H30F2N4O3S/c1-15(2)28-13-14-29(26,27)25-11-9-24(10-12-25)19(22-3)23-8-7-16-5-4-6-17(20)18(16)21/h4-6,15H,7-14H2,1-3H3,(H,22,23). The maximum absolute atomic E-state index is 13.7. The molecule has 0 amide bonds. The molecule has 1 fully saturated rings. The van der Waals surface area contributed by atoms with Crippen LogP contribution in [0.1, 0.15) is 19.4 Å². The highest BCUT2D eigenvalue weighted by Gasteiger charge is 2.28. The number of benzene rings is 1. The van der Waals surface area contributed by atoms with Crippen LogP contribution >= 0.6 is 0 Å². The molecule has 1 N–H and O–H groups in total. The maximum Gasteiger partial charge on any atom is 0.216 e. The van der Waals surface area contributed by atoms with Crippen LogP contribution in [0.25, 0.3) is 0 Å². The van der Waals surface area contributed by atoms with Gasteiger partial charge in [0, 0.05) is 39.8 Å². The Balaban J connectivity index is 1.81. The number of rotatable bonds is 8. The van der Waals surface area contributed by atoms with Gasteiger partial charge >= 0.3 is 0 Å². The van der Waals surface area contributed by atoms with Gasteiger partial charge in [0.25, 0.3) is 0 Å². The SMILES string of the molecule is CN=C(NCCc1cccc(F)c1F)N1CCN(S(=O)(=O)CCOC(C)C)CC1. The number of halogens is 2. The van der Waals surface area contributed by atoms with Crippen LogP contribution in [-0.2, 0) is 21.2 Å². The summed E-state index contributed by atoms with van der Waals surface area (Å²) in [7, 11) is -1.72. The lowest BCUT2D eigenvalue weighted by molar-refractivity contribution is 0.0904. The van der Waals surface area contributed by atoms with E-state index in [0.717, 1.165) is 6.07 Å². The van der Waals surface area contributed by atoms with Crippen molar-refractivity contribution < 1.29 is 21.9 Å². The first-order valence-corrected chi connectivity index (χ1v) is 11.3. The van der Waals surface area contributed by atoms with Gasteiger partial charge < -0.3 is 15.0 Å². The molecule has 7 nitrogen and oxygen atoms in total. The number of piperazine rings is 1. The molecule has 0 bridgehead atoms. The summed E-state index contributed by atoms with van der Waals surface area (Å²) in [5.74, 6) is -1.10. The Hall–Kier alpha value is -1.78. The molecule has 0 unspecified atom stereocenters. The first-order chi connectivity index (χ1) is 13.7. The predicted octanol–water partition coefficient (Wildman–Crippen LogP) is 1.46. The van der Waals surface area contributed by atoms with Crippen molar-refractivity contribution >= 4 is 16.0 Å². The van der Waals surface area contributed by atoms with Crippen molar-refractivity contribution in [2.24, 2.45) is 4.99 Å². The van der Waals surface area contributed by atoms with Crippen LogP contribution < -0.4 is 5.32 Å². The molecule has 1 saturated heterocycles. The van der Waals surface area contributed by atoms with Crippen LogP contribution in [0.2, 0.25) is 0 Å². The number of ether oxygens (including phenoxy) is 1. The summed E-state index contributed by atoms with van der Waals surface area (Å²) in [6, 6.07) is 4.12. The van der Waals surface area contributed by atoms with E-state index in [2.05, 4.69) is 10.3 Å². The molecule has 0 aliphatic carbocycles. The number of aliphatic imine (C=N–C) groups is 1. The van der Waals surface area contributed by atoms with Gasteiger partial charge in [0.1, 0.15) is 0 Å². The summed E-state index contributed by atoms with van der Waals surface area (Å²) in [6.07, 6.45) is 0.310. The zero-order chi connectivity index (χ0) is 21.4. The van der Waals surface area contributed by atoms with Crippen molar-refractivity contribution in [1.29, 1.82) is 0 Å². The molecule has 2 rings (SSSR count). The van der Waals surface area contributed by atoms with E-state index in [-0.39, 0.29) is 18.5 Å². The van der Waals surface area contributed by atoms with Crippen molar-refractivity contribution in [1.82, 2.24) is 14.5 Å². The summed E-state index contributed by atoms with van der Waals surface area (Å²) >= 11 is 0. The van der Waals surface area contributed by atoms with Gasteiger partial charge in [0.2, 0.25) is 10.0 Å². The minimum Gasteiger partial charge on any atom is -0.378 e. The van der Waals surface area contributed by atoms with E-state index in [1.54, 1.807) is 13.1 Å². The van der Waals surface area contributed by atoms with Gasteiger partial charge in [-0.15, -0.1) is 0 Å².